The fraction of sp³-hybridized carbons (Fsp3) is 0.333. The zero-order chi connectivity index (χ0) is 10.5. The van der Waals surface area contributed by atoms with Crippen LogP contribution in [0.25, 0.3) is 0 Å². The fourth-order valence-corrected chi connectivity index (χ4v) is 0.303. The summed E-state index contributed by atoms with van der Waals surface area (Å²) in [5.74, 6) is -1.12. The number of ether oxygens (including phenoxy) is 1. The van der Waals surface area contributed by atoms with Crippen LogP contribution < -0.4 is 0 Å². The van der Waals surface area contributed by atoms with Crippen molar-refractivity contribution in [3.63, 3.8) is 0 Å². The maximum absolute atomic E-state index is 9.92. The van der Waals surface area contributed by atoms with Crippen molar-refractivity contribution in [3.05, 3.63) is 12.2 Å². The highest BCUT2D eigenvalue weighted by molar-refractivity contribution is 6.69. The van der Waals surface area contributed by atoms with E-state index in [9.17, 15) is 9.59 Å². The molecule has 0 aromatic heterocycles. The van der Waals surface area contributed by atoms with E-state index in [4.69, 9.17) is 46.4 Å². The van der Waals surface area contributed by atoms with Crippen LogP contribution in [0.1, 0.15) is 0 Å². The number of halogens is 4. The molecule has 13 heavy (non-hydrogen) atoms. The third-order valence-corrected chi connectivity index (χ3v) is 1.92. The van der Waals surface area contributed by atoms with Crippen LogP contribution in [0.2, 0.25) is 0 Å². The highest BCUT2D eigenvalue weighted by Crippen LogP contribution is 2.26. The van der Waals surface area contributed by atoms with Gasteiger partial charge < -0.3 is 4.74 Å². The van der Waals surface area contributed by atoms with Gasteiger partial charge in [0.05, 0.1) is 5.88 Å². The number of alkyl halides is 4. The Morgan fingerprint density at radius 3 is 1.54 bits per heavy atom. The van der Waals surface area contributed by atoms with Gasteiger partial charge >= 0.3 is 11.9 Å². The minimum Gasteiger partial charge on any atom is -0.387 e. The predicted molar refractivity (Wildman–Crippen MR) is 51.2 cm³/mol. The maximum atomic E-state index is 9.92. The lowest BCUT2D eigenvalue weighted by atomic mass is 10.6. The Morgan fingerprint density at radius 1 is 1.15 bits per heavy atom. The summed E-state index contributed by atoms with van der Waals surface area (Å²) in [4.78, 5) is 19.8. The third-order valence-electron chi connectivity index (χ3n) is 0.708. The van der Waals surface area contributed by atoms with E-state index in [1.54, 1.807) is 0 Å². The van der Waals surface area contributed by atoms with Gasteiger partial charge in [0.1, 0.15) is 0 Å². The number of rotatable bonds is 0. The second-order valence-electron chi connectivity index (χ2n) is 1.82. The number of hydrogen-bond acceptors (Lipinski definition) is 3. The van der Waals surface area contributed by atoms with E-state index in [1.807, 2.05) is 0 Å². The van der Waals surface area contributed by atoms with E-state index in [1.165, 1.54) is 0 Å². The van der Waals surface area contributed by atoms with Crippen LogP contribution in [-0.2, 0) is 14.3 Å². The number of esters is 2. The van der Waals surface area contributed by atoms with Crippen LogP contribution in [0.15, 0.2) is 12.2 Å². The maximum Gasteiger partial charge on any atom is 0.338 e. The Kier molecular flexibility index (Phi) is 5.72. The molecule has 0 aliphatic carbocycles. The summed E-state index contributed by atoms with van der Waals surface area (Å²) in [5.41, 5.74) is 0. The number of cyclic esters (lactones) is 2. The van der Waals surface area contributed by atoms with Crippen molar-refractivity contribution in [3.8, 4) is 0 Å². The molecule has 0 fully saturated rings. The molecule has 1 aliphatic heterocycles. The molecule has 74 valence electrons. The molecule has 0 aromatic rings. The Hall–Kier alpha value is 0.0400. The van der Waals surface area contributed by atoms with Gasteiger partial charge in [0, 0.05) is 12.2 Å². The molecule has 0 bridgehead atoms. The van der Waals surface area contributed by atoms with Crippen molar-refractivity contribution >= 4 is 58.3 Å². The Balaban J connectivity index is 0.000000226. The first-order valence-corrected chi connectivity index (χ1v) is 4.58. The monoisotopic (exact) mass is 264 g/mol. The first-order chi connectivity index (χ1) is 5.85. The molecule has 3 nitrogen and oxygen atoms in total. The summed E-state index contributed by atoms with van der Waals surface area (Å²) in [5, 5.41) is 0. The summed E-state index contributed by atoms with van der Waals surface area (Å²) < 4.78 is 2.70. The fourth-order valence-electron chi connectivity index (χ4n) is 0.303. The van der Waals surface area contributed by atoms with E-state index >= 15 is 0 Å². The topological polar surface area (TPSA) is 43.4 Å². The SMILES string of the molecule is ClCC(Cl)(Cl)Cl.O=C1C=CC(=O)O1. The van der Waals surface area contributed by atoms with Gasteiger partial charge in [-0.15, -0.1) is 11.6 Å². The summed E-state index contributed by atoms with van der Waals surface area (Å²) >= 11 is 20.4. The van der Waals surface area contributed by atoms with Crippen molar-refractivity contribution in [2.45, 2.75) is 3.79 Å². The molecule has 1 rings (SSSR count). The van der Waals surface area contributed by atoms with Crippen LogP contribution in [0, 0.1) is 0 Å². The molecule has 0 aromatic carbocycles. The lowest BCUT2D eigenvalue weighted by molar-refractivity contribution is -0.150. The smallest absolute Gasteiger partial charge is 0.338 e. The second-order valence-corrected chi connectivity index (χ2v) is 4.61. The van der Waals surface area contributed by atoms with Crippen molar-refractivity contribution in [2.75, 3.05) is 5.88 Å². The molecule has 0 saturated carbocycles. The largest absolute Gasteiger partial charge is 0.387 e. The zero-order valence-electron chi connectivity index (χ0n) is 6.10. The Labute approximate surface area is 94.5 Å². The normalized spacial score (nSPS) is 15.1. The lowest BCUT2D eigenvalue weighted by Crippen LogP contribution is -2.01. The molecule has 1 heterocycles. The highest BCUT2D eigenvalue weighted by Gasteiger charge is 2.16. The minimum atomic E-state index is -1.28. The van der Waals surface area contributed by atoms with Crippen LogP contribution in [0.5, 0.6) is 0 Å². The molecular formula is C6H4Cl4O3. The van der Waals surface area contributed by atoms with Gasteiger partial charge in [0.25, 0.3) is 0 Å². The van der Waals surface area contributed by atoms with E-state index in [-0.39, 0.29) is 5.88 Å². The van der Waals surface area contributed by atoms with E-state index in [2.05, 4.69) is 4.74 Å². The zero-order valence-corrected chi connectivity index (χ0v) is 9.12. The highest BCUT2D eigenvalue weighted by atomic mass is 35.6. The van der Waals surface area contributed by atoms with Crippen molar-refractivity contribution < 1.29 is 14.3 Å². The number of carbonyl (C=O) groups excluding carboxylic acids is 2. The van der Waals surface area contributed by atoms with E-state index in [0.717, 1.165) is 12.2 Å². The molecule has 0 amide bonds. The Morgan fingerprint density at radius 2 is 1.46 bits per heavy atom. The average Bonchev–Trinajstić information content (AvgIpc) is 2.34. The van der Waals surface area contributed by atoms with Gasteiger partial charge in [-0.05, 0) is 0 Å². The summed E-state index contributed by atoms with van der Waals surface area (Å²) in [6.07, 6.45) is 2.17. The number of hydrogen-bond donors (Lipinski definition) is 0. The van der Waals surface area contributed by atoms with Gasteiger partial charge in [-0.1, -0.05) is 34.8 Å². The van der Waals surface area contributed by atoms with Crippen molar-refractivity contribution in [1.29, 1.82) is 0 Å². The molecule has 1 aliphatic rings. The summed E-state index contributed by atoms with van der Waals surface area (Å²) in [6.45, 7) is 0. The molecule has 0 radical (unpaired) electrons. The second kappa shape index (κ2) is 5.70. The average molecular weight is 266 g/mol. The van der Waals surface area contributed by atoms with E-state index < -0.39 is 15.7 Å². The standard InChI is InChI=1S/C4H2O3.C2H2Cl4/c5-3-1-2-4(6)7-3;3-1-2(4,5)6/h1-2H;1H2. The minimum absolute atomic E-state index is 0.0394. The van der Waals surface area contributed by atoms with Crippen LogP contribution in [-0.4, -0.2) is 21.6 Å². The molecule has 0 saturated heterocycles. The van der Waals surface area contributed by atoms with Crippen molar-refractivity contribution in [2.24, 2.45) is 0 Å². The van der Waals surface area contributed by atoms with Gasteiger partial charge in [-0.3, -0.25) is 0 Å². The van der Waals surface area contributed by atoms with Gasteiger partial charge in [0.2, 0.25) is 3.79 Å². The van der Waals surface area contributed by atoms with Gasteiger partial charge in [-0.25, -0.2) is 9.59 Å². The third kappa shape index (κ3) is 8.37. The van der Waals surface area contributed by atoms with Crippen molar-refractivity contribution in [1.82, 2.24) is 0 Å². The lowest BCUT2D eigenvalue weighted by Gasteiger charge is -2.00. The van der Waals surface area contributed by atoms with Crippen LogP contribution >= 0.6 is 46.4 Å². The first-order valence-electron chi connectivity index (χ1n) is 2.91. The van der Waals surface area contributed by atoms with Crippen LogP contribution in [0.3, 0.4) is 0 Å². The molecule has 0 N–H and O–H groups in total. The quantitative estimate of drug-likeness (QED) is 0.383. The van der Waals surface area contributed by atoms with Crippen LogP contribution in [0.4, 0.5) is 0 Å². The predicted octanol–water partition coefficient (Wildman–Crippen LogP) is 2.22. The molecule has 0 atom stereocenters. The first kappa shape index (κ1) is 13.0. The molecule has 0 spiro atoms. The number of carbonyl (C=O) groups is 2. The Bertz CT molecular complexity index is 215. The molecule has 0 unspecified atom stereocenters. The van der Waals surface area contributed by atoms with E-state index in [0.29, 0.717) is 0 Å². The van der Waals surface area contributed by atoms with Gasteiger partial charge in [-0.2, -0.15) is 0 Å². The summed E-state index contributed by atoms with van der Waals surface area (Å²) in [6, 6.07) is 0. The van der Waals surface area contributed by atoms with Gasteiger partial charge in [0.15, 0.2) is 0 Å². The molecule has 7 heteroatoms. The molecular weight excluding hydrogens is 262 g/mol. The summed E-state index contributed by atoms with van der Waals surface area (Å²) in [7, 11) is 0.